The van der Waals surface area contributed by atoms with E-state index in [0.717, 1.165) is 6.42 Å². The zero-order chi connectivity index (χ0) is 13.9. The van der Waals surface area contributed by atoms with Crippen molar-refractivity contribution in [2.75, 3.05) is 0 Å². The third kappa shape index (κ3) is 2.49. The van der Waals surface area contributed by atoms with Gasteiger partial charge in [0.05, 0.1) is 16.8 Å². The van der Waals surface area contributed by atoms with Crippen LogP contribution in [0.5, 0.6) is 0 Å². The van der Waals surface area contributed by atoms with Gasteiger partial charge in [-0.1, -0.05) is 18.2 Å². The number of halogens is 1. The summed E-state index contributed by atoms with van der Waals surface area (Å²) in [6, 6.07) is 11.5. The van der Waals surface area contributed by atoms with Gasteiger partial charge in [0.25, 0.3) is 5.56 Å². The van der Waals surface area contributed by atoms with Gasteiger partial charge in [-0.05, 0) is 30.0 Å². The average Bonchev–Trinajstić information content (AvgIpc) is 2.99. The van der Waals surface area contributed by atoms with Crippen molar-refractivity contribution in [2.24, 2.45) is 0 Å². The minimum Gasteiger partial charge on any atom is -0.295 e. The van der Waals surface area contributed by atoms with Crippen molar-refractivity contribution in [3.05, 3.63) is 62.8 Å². The normalized spacial score (nSPS) is 11.1. The van der Waals surface area contributed by atoms with E-state index in [9.17, 15) is 4.79 Å². The second-order valence-corrected chi connectivity index (χ2v) is 5.76. The Bertz CT molecular complexity index is 780. The molecular weight excluding hydrogens is 292 g/mol. The topological polar surface area (TPSA) is 34.9 Å². The molecule has 102 valence electrons. The molecule has 3 rings (SSSR count). The molecule has 3 aromatic rings. The fourth-order valence-electron chi connectivity index (χ4n) is 2.22. The molecule has 0 aliphatic rings. The summed E-state index contributed by atoms with van der Waals surface area (Å²) in [5.41, 5.74) is 0.698. The molecule has 2 heterocycles. The molecule has 0 unspecified atom stereocenters. The molecule has 0 aliphatic heterocycles. The van der Waals surface area contributed by atoms with Gasteiger partial charge >= 0.3 is 0 Å². The van der Waals surface area contributed by atoms with Crippen molar-refractivity contribution >= 4 is 33.8 Å². The van der Waals surface area contributed by atoms with E-state index in [0.29, 0.717) is 23.3 Å². The molecule has 0 radical (unpaired) electrons. The highest BCUT2D eigenvalue weighted by Gasteiger charge is 2.10. The first-order valence-electron chi connectivity index (χ1n) is 6.36. The Morgan fingerprint density at radius 1 is 1.20 bits per heavy atom. The largest absolute Gasteiger partial charge is 0.295 e. The van der Waals surface area contributed by atoms with Crippen molar-refractivity contribution in [1.82, 2.24) is 9.55 Å². The second kappa shape index (κ2) is 5.77. The summed E-state index contributed by atoms with van der Waals surface area (Å²) in [6.07, 6.45) is 0.821. The maximum atomic E-state index is 12.5. The van der Waals surface area contributed by atoms with Gasteiger partial charge in [-0.15, -0.1) is 22.9 Å². The maximum Gasteiger partial charge on any atom is 0.261 e. The lowest BCUT2D eigenvalue weighted by atomic mass is 10.2. The number of fused-ring (bicyclic) bond motifs is 1. The van der Waals surface area contributed by atoms with E-state index < -0.39 is 0 Å². The minimum atomic E-state index is -0.0113. The summed E-state index contributed by atoms with van der Waals surface area (Å²) in [5.74, 6) is 0.872. The van der Waals surface area contributed by atoms with Crippen LogP contribution in [0.1, 0.15) is 10.7 Å². The number of hydrogen-bond donors (Lipinski definition) is 0. The monoisotopic (exact) mass is 304 g/mol. The molecule has 0 atom stereocenters. The van der Waals surface area contributed by atoms with E-state index in [1.54, 1.807) is 15.9 Å². The standard InChI is InChI=1S/C15H13ClN2OS/c16-10-14-17-13-6-2-1-5-12(13)15(19)18(14)8-7-11-4-3-9-20-11/h1-6,9H,7-8,10H2. The van der Waals surface area contributed by atoms with Crippen LogP contribution >= 0.6 is 22.9 Å². The molecule has 3 nitrogen and oxygen atoms in total. The highest BCUT2D eigenvalue weighted by atomic mass is 35.5. The van der Waals surface area contributed by atoms with E-state index in [-0.39, 0.29) is 11.4 Å². The molecule has 0 N–H and O–H groups in total. The number of rotatable bonds is 4. The Labute approximate surface area is 125 Å². The summed E-state index contributed by atoms with van der Waals surface area (Å²) in [4.78, 5) is 18.3. The van der Waals surface area contributed by atoms with Gasteiger partial charge in [0.1, 0.15) is 5.82 Å². The number of aryl methyl sites for hydroxylation is 1. The third-order valence-corrected chi connectivity index (χ3v) is 4.40. The molecule has 5 heteroatoms. The number of hydrogen-bond acceptors (Lipinski definition) is 3. The molecule has 0 fully saturated rings. The van der Waals surface area contributed by atoms with Crippen LogP contribution in [0.15, 0.2) is 46.6 Å². The van der Waals surface area contributed by atoms with Gasteiger partial charge in [-0.3, -0.25) is 9.36 Å². The number of alkyl halides is 1. The van der Waals surface area contributed by atoms with Crippen LogP contribution in [-0.2, 0) is 18.8 Å². The van der Waals surface area contributed by atoms with Crippen LogP contribution in [0.25, 0.3) is 10.9 Å². The quantitative estimate of drug-likeness (QED) is 0.692. The van der Waals surface area contributed by atoms with Crippen LogP contribution in [0, 0.1) is 0 Å². The molecule has 0 bridgehead atoms. The number of thiophene rings is 1. The van der Waals surface area contributed by atoms with Crippen molar-refractivity contribution in [1.29, 1.82) is 0 Å². The molecule has 0 saturated carbocycles. The van der Waals surface area contributed by atoms with Gasteiger partial charge in [0, 0.05) is 11.4 Å². The molecule has 0 amide bonds. The SMILES string of the molecule is O=c1c2ccccc2nc(CCl)n1CCc1cccs1. The Kier molecular flexibility index (Phi) is 3.85. The van der Waals surface area contributed by atoms with Crippen molar-refractivity contribution < 1.29 is 0 Å². The number of benzene rings is 1. The molecule has 1 aromatic carbocycles. The number of nitrogens with zero attached hydrogens (tertiary/aromatic N) is 2. The third-order valence-electron chi connectivity index (χ3n) is 3.22. The maximum absolute atomic E-state index is 12.5. The summed E-state index contributed by atoms with van der Waals surface area (Å²) in [6.45, 7) is 0.610. The van der Waals surface area contributed by atoms with Crippen molar-refractivity contribution in [3.8, 4) is 0 Å². The van der Waals surface area contributed by atoms with E-state index in [4.69, 9.17) is 11.6 Å². The predicted octanol–water partition coefficient (Wildman–Crippen LogP) is 3.44. The number of para-hydroxylation sites is 1. The Hall–Kier alpha value is -1.65. The van der Waals surface area contributed by atoms with Gasteiger partial charge in [-0.25, -0.2) is 4.98 Å². The van der Waals surface area contributed by atoms with E-state index in [1.807, 2.05) is 35.7 Å². The fraction of sp³-hybridized carbons (Fsp3) is 0.200. The summed E-state index contributed by atoms with van der Waals surface area (Å²) < 4.78 is 1.69. The predicted molar refractivity (Wildman–Crippen MR) is 83.6 cm³/mol. The first-order chi connectivity index (χ1) is 9.79. The van der Waals surface area contributed by atoms with Gasteiger partial charge in [-0.2, -0.15) is 0 Å². The van der Waals surface area contributed by atoms with Gasteiger partial charge < -0.3 is 0 Å². The lowest BCUT2D eigenvalue weighted by Gasteiger charge is -2.11. The first kappa shape index (κ1) is 13.3. The average molecular weight is 305 g/mol. The molecule has 0 saturated heterocycles. The fourth-order valence-corrected chi connectivity index (χ4v) is 3.13. The minimum absolute atomic E-state index is 0.0113. The molecule has 20 heavy (non-hydrogen) atoms. The Balaban J connectivity index is 2.04. The van der Waals surface area contributed by atoms with E-state index in [2.05, 4.69) is 11.1 Å². The van der Waals surface area contributed by atoms with Crippen LogP contribution in [0.2, 0.25) is 0 Å². The second-order valence-electron chi connectivity index (χ2n) is 4.46. The molecule has 2 aromatic heterocycles. The smallest absolute Gasteiger partial charge is 0.261 e. The van der Waals surface area contributed by atoms with E-state index >= 15 is 0 Å². The number of aromatic nitrogens is 2. The highest BCUT2D eigenvalue weighted by molar-refractivity contribution is 7.09. The zero-order valence-electron chi connectivity index (χ0n) is 10.8. The van der Waals surface area contributed by atoms with Crippen molar-refractivity contribution in [3.63, 3.8) is 0 Å². The first-order valence-corrected chi connectivity index (χ1v) is 7.78. The zero-order valence-corrected chi connectivity index (χ0v) is 12.3. The van der Waals surface area contributed by atoms with Crippen LogP contribution in [0.4, 0.5) is 0 Å². The Morgan fingerprint density at radius 3 is 2.80 bits per heavy atom. The van der Waals surface area contributed by atoms with Gasteiger partial charge in [0.15, 0.2) is 0 Å². The lowest BCUT2D eigenvalue weighted by Crippen LogP contribution is -2.25. The summed E-state index contributed by atoms with van der Waals surface area (Å²) in [5, 5.41) is 2.69. The van der Waals surface area contributed by atoms with Crippen LogP contribution in [-0.4, -0.2) is 9.55 Å². The van der Waals surface area contributed by atoms with Crippen LogP contribution in [0.3, 0.4) is 0 Å². The summed E-state index contributed by atoms with van der Waals surface area (Å²) >= 11 is 7.64. The van der Waals surface area contributed by atoms with Crippen LogP contribution < -0.4 is 5.56 Å². The van der Waals surface area contributed by atoms with Crippen molar-refractivity contribution in [2.45, 2.75) is 18.8 Å². The van der Waals surface area contributed by atoms with E-state index in [1.165, 1.54) is 4.88 Å². The van der Waals surface area contributed by atoms with Gasteiger partial charge in [0.2, 0.25) is 0 Å². The summed E-state index contributed by atoms with van der Waals surface area (Å²) in [7, 11) is 0. The highest BCUT2D eigenvalue weighted by Crippen LogP contribution is 2.13. The molecule has 0 aliphatic carbocycles. The Morgan fingerprint density at radius 2 is 2.05 bits per heavy atom. The molecule has 0 spiro atoms. The lowest BCUT2D eigenvalue weighted by molar-refractivity contribution is 0.638. The molecular formula is C15H13ClN2OS.